The number of nitrogens with zero attached hydrogens (tertiary/aromatic N) is 4. The second-order valence-electron chi connectivity index (χ2n) is 5.75. The Kier molecular flexibility index (Phi) is 3.18. The van der Waals surface area contributed by atoms with Gasteiger partial charge in [-0.2, -0.15) is 5.10 Å². The van der Waals surface area contributed by atoms with Crippen LogP contribution in [0.3, 0.4) is 0 Å². The van der Waals surface area contributed by atoms with Crippen molar-refractivity contribution in [2.45, 2.75) is 0 Å². The summed E-state index contributed by atoms with van der Waals surface area (Å²) in [5.74, 6) is 0.968. The second-order valence-corrected chi connectivity index (χ2v) is 5.75. The molecule has 0 fully saturated rings. The first-order chi connectivity index (χ1) is 12.8. The summed E-state index contributed by atoms with van der Waals surface area (Å²) in [7, 11) is 0. The quantitative estimate of drug-likeness (QED) is 0.532. The molecule has 2 aromatic heterocycles. The lowest BCUT2D eigenvalue weighted by Gasteiger charge is -2.05. The largest absolute Gasteiger partial charge is 0.454 e. The maximum Gasteiger partial charge on any atom is 0.231 e. The molecule has 0 amide bonds. The summed E-state index contributed by atoms with van der Waals surface area (Å²) in [6.07, 6.45) is 2.99. The topological polar surface area (TPSA) is 79.1 Å². The van der Waals surface area contributed by atoms with E-state index >= 15 is 0 Å². The van der Waals surface area contributed by atoms with E-state index in [9.17, 15) is 4.79 Å². The lowest BCUT2D eigenvalue weighted by Crippen LogP contribution is -2.06. The van der Waals surface area contributed by atoms with Crippen molar-refractivity contribution >= 4 is 16.8 Å². The highest BCUT2D eigenvalue weighted by atomic mass is 16.7. The maximum atomic E-state index is 13.0. The molecular formula is C19H12N4O3. The van der Waals surface area contributed by atoms with Crippen LogP contribution in [0.4, 0.5) is 0 Å². The number of rotatable bonds is 3. The Bertz CT molecular complexity index is 1140. The molecule has 0 unspecified atom stereocenters. The number of aromatic nitrogens is 4. The van der Waals surface area contributed by atoms with Gasteiger partial charge in [-0.15, -0.1) is 0 Å². The molecule has 3 heterocycles. The zero-order chi connectivity index (χ0) is 17.5. The zero-order valence-corrected chi connectivity index (χ0v) is 13.5. The number of fused-ring (bicyclic) bond motifs is 2. The monoisotopic (exact) mass is 344 g/mol. The molecule has 0 saturated heterocycles. The van der Waals surface area contributed by atoms with Gasteiger partial charge in [0.25, 0.3) is 0 Å². The number of carbonyl (C=O) groups excluding carboxylic acids is 1. The molecule has 5 rings (SSSR count). The third kappa shape index (κ3) is 2.21. The minimum absolute atomic E-state index is 0.161. The van der Waals surface area contributed by atoms with Crippen molar-refractivity contribution in [3.05, 3.63) is 72.3 Å². The summed E-state index contributed by atoms with van der Waals surface area (Å²) in [6.45, 7) is 0.161. The fourth-order valence-corrected chi connectivity index (χ4v) is 2.96. The molecule has 1 aliphatic heterocycles. The summed E-state index contributed by atoms with van der Waals surface area (Å²) >= 11 is 0. The molecule has 1 aliphatic rings. The highest BCUT2D eigenvalue weighted by Gasteiger charge is 2.21. The van der Waals surface area contributed by atoms with E-state index in [0.717, 1.165) is 5.69 Å². The summed E-state index contributed by atoms with van der Waals surface area (Å²) in [5.41, 5.74) is 2.22. The predicted molar refractivity (Wildman–Crippen MR) is 92.7 cm³/mol. The summed E-state index contributed by atoms with van der Waals surface area (Å²) < 4.78 is 12.3. The van der Waals surface area contributed by atoms with Crippen LogP contribution in [0.5, 0.6) is 11.5 Å². The van der Waals surface area contributed by atoms with E-state index in [1.807, 2.05) is 30.3 Å². The number of ketones is 1. The average Bonchev–Trinajstić information content (AvgIpc) is 3.34. The number of hydrogen-bond donors (Lipinski definition) is 0. The molecule has 0 spiro atoms. The van der Waals surface area contributed by atoms with E-state index in [-0.39, 0.29) is 12.6 Å². The Balaban J connectivity index is 1.61. The molecule has 7 nitrogen and oxygen atoms in total. The van der Waals surface area contributed by atoms with Crippen molar-refractivity contribution in [2.24, 2.45) is 0 Å². The normalized spacial score (nSPS) is 12.5. The molecule has 0 atom stereocenters. The molecule has 0 bridgehead atoms. The van der Waals surface area contributed by atoms with Crippen LogP contribution in [0, 0.1) is 0 Å². The van der Waals surface area contributed by atoms with Crippen molar-refractivity contribution in [1.82, 2.24) is 19.7 Å². The number of benzene rings is 2. The molecule has 2 aromatic carbocycles. The Labute approximate surface area is 147 Å². The van der Waals surface area contributed by atoms with Gasteiger partial charge in [-0.25, -0.2) is 14.6 Å². The predicted octanol–water partition coefficient (Wildman–Crippen LogP) is 2.78. The van der Waals surface area contributed by atoms with Gasteiger partial charge >= 0.3 is 0 Å². The zero-order valence-electron chi connectivity index (χ0n) is 13.5. The van der Waals surface area contributed by atoms with Crippen molar-refractivity contribution in [3.63, 3.8) is 0 Å². The van der Waals surface area contributed by atoms with Crippen molar-refractivity contribution < 1.29 is 14.3 Å². The first-order valence-corrected chi connectivity index (χ1v) is 8.00. The van der Waals surface area contributed by atoms with E-state index in [4.69, 9.17) is 9.47 Å². The Morgan fingerprint density at radius 3 is 2.73 bits per heavy atom. The molecule has 4 aromatic rings. The van der Waals surface area contributed by atoms with Gasteiger partial charge < -0.3 is 9.47 Å². The first-order valence-electron chi connectivity index (χ1n) is 8.00. The van der Waals surface area contributed by atoms with Crippen LogP contribution in [0.15, 0.2) is 61.1 Å². The van der Waals surface area contributed by atoms with Crippen LogP contribution in [-0.4, -0.2) is 32.3 Å². The van der Waals surface area contributed by atoms with E-state index < -0.39 is 0 Å². The molecule has 26 heavy (non-hydrogen) atoms. The molecule has 7 heteroatoms. The van der Waals surface area contributed by atoms with Crippen molar-refractivity contribution in [1.29, 1.82) is 0 Å². The van der Waals surface area contributed by atoms with E-state index in [1.54, 1.807) is 29.1 Å². The minimum Gasteiger partial charge on any atom is -0.454 e. The third-order valence-electron chi connectivity index (χ3n) is 4.22. The van der Waals surface area contributed by atoms with Crippen LogP contribution < -0.4 is 9.47 Å². The van der Waals surface area contributed by atoms with Gasteiger partial charge in [-0.1, -0.05) is 18.2 Å². The minimum atomic E-state index is -0.219. The van der Waals surface area contributed by atoms with Gasteiger partial charge in [0.15, 0.2) is 17.1 Å². The van der Waals surface area contributed by atoms with E-state index in [0.29, 0.717) is 33.8 Å². The smallest absolute Gasteiger partial charge is 0.231 e. The van der Waals surface area contributed by atoms with Gasteiger partial charge in [0, 0.05) is 5.56 Å². The molecule has 0 N–H and O–H groups in total. The Hall–Kier alpha value is -3.74. The lowest BCUT2D eigenvalue weighted by molar-refractivity contribution is 0.103. The summed E-state index contributed by atoms with van der Waals surface area (Å²) in [4.78, 5) is 21.5. The van der Waals surface area contributed by atoms with Crippen LogP contribution in [0.25, 0.3) is 16.7 Å². The second kappa shape index (κ2) is 5.66. The SMILES string of the molecule is O=C(c1ccc2c(c1)OCO2)c1ncnc2c1cnn2-c1ccccc1. The average molecular weight is 344 g/mol. The van der Waals surface area contributed by atoms with Gasteiger partial charge in [0.2, 0.25) is 12.6 Å². The summed E-state index contributed by atoms with van der Waals surface area (Å²) in [5, 5.41) is 4.97. The van der Waals surface area contributed by atoms with E-state index in [1.165, 1.54) is 6.33 Å². The third-order valence-corrected chi connectivity index (χ3v) is 4.22. The molecule has 0 radical (unpaired) electrons. The molecular weight excluding hydrogens is 332 g/mol. The summed E-state index contributed by atoms with van der Waals surface area (Å²) in [6, 6.07) is 14.7. The molecule has 0 saturated carbocycles. The van der Waals surface area contributed by atoms with Crippen LogP contribution in [-0.2, 0) is 0 Å². The molecule has 0 aliphatic carbocycles. The van der Waals surface area contributed by atoms with Crippen molar-refractivity contribution in [2.75, 3.05) is 6.79 Å². The van der Waals surface area contributed by atoms with Gasteiger partial charge in [0.05, 0.1) is 17.3 Å². The fourth-order valence-electron chi connectivity index (χ4n) is 2.96. The first kappa shape index (κ1) is 14.6. The van der Waals surface area contributed by atoms with Crippen LogP contribution >= 0.6 is 0 Å². The number of carbonyl (C=O) groups is 1. The Morgan fingerprint density at radius 2 is 1.85 bits per heavy atom. The maximum absolute atomic E-state index is 13.0. The highest BCUT2D eigenvalue weighted by Crippen LogP contribution is 2.33. The van der Waals surface area contributed by atoms with Gasteiger partial charge in [-0.05, 0) is 30.3 Å². The highest BCUT2D eigenvalue weighted by molar-refractivity contribution is 6.14. The molecule has 126 valence electrons. The van der Waals surface area contributed by atoms with Gasteiger partial charge in [-0.3, -0.25) is 4.79 Å². The standard InChI is InChI=1S/C19H12N4O3/c24-18(12-6-7-15-16(8-12)26-11-25-15)17-14-9-22-23(19(14)21-10-20-17)13-4-2-1-3-5-13/h1-10H,11H2. The Morgan fingerprint density at radius 1 is 1.00 bits per heavy atom. The van der Waals surface area contributed by atoms with Crippen LogP contribution in [0.1, 0.15) is 16.1 Å². The number of ether oxygens (including phenoxy) is 2. The van der Waals surface area contributed by atoms with Gasteiger partial charge in [0.1, 0.15) is 12.0 Å². The van der Waals surface area contributed by atoms with Crippen molar-refractivity contribution in [3.8, 4) is 17.2 Å². The fraction of sp³-hybridized carbons (Fsp3) is 0.0526. The van der Waals surface area contributed by atoms with Crippen LogP contribution in [0.2, 0.25) is 0 Å². The number of para-hydroxylation sites is 1. The number of hydrogen-bond acceptors (Lipinski definition) is 6. The van der Waals surface area contributed by atoms with E-state index in [2.05, 4.69) is 15.1 Å². The lowest BCUT2D eigenvalue weighted by atomic mass is 10.1.